The summed E-state index contributed by atoms with van der Waals surface area (Å²) < 4.78 is 13.5. The van der Waals surface area contributed by atoms with Gasteiger partial charge >= 0.3 is 0 Å². The number of anilines is 1. The van der Waals surface area contributed by atoms with Crippen LogP contribution in [0.25, 0.3) is 0 Å². The van der Waals surface area contributed by atoms with Crippen LogP contribution in [0, 0.1) is 6.92 Å². The third-order valence-electron chi connectivity index (χ3n) is 3.02. The molecule has 0 amide bonds. The second kappa shape index (κ2) is 4.77. The van der Waals surface area contributed by atoms with Crippen molar-refractivity contribution in [3.05, 3.63) is 34.1 Å². The van der Waals surface area contributed by atoms with E-state index in [2.05, 4.69) is 26.3 Å². The SMILES string of the molecule is Cc1nn(C)cc1NCc1cc2c(cc1Br)OCO2. The average molecular weight is 324 g/mol. The molecule has 19 heavy (non-hydrogen) atoms. The minimum absolute atomic E-state index is 0.292. The lowest BCUT2D eigenvalue weighted by atomic mass is 10.2. The Kier molecular flexibility index (Phi) is 3.10. The molecule has 0 saturated heterocycles. The van der Waals surface area contributed by atoms with Crippen LogP contribution >= 0.6 is 15.9 Å². The van der Waals surface area contributed by atoms with E-state index in [1.807, 2.05) is 32.3 Å². The van der Waals surface area contributed by atoms with Gasteiger partial charge in [0.25, 0.3) is 0 Å². The number of rotatable bonds is 3. The molecule has 2 heterocycles. The van der Waals surface area contributed by atoms with Crippen LogP contribution in [0.3, 0.4) is 0 Å². The molecule has 1 aromatic heterocycles. The molecule has 0 unspecified atom stereocenters. The molecule has 0 atom stereocenters. The van der Waals surface area contributed by atoms with Crippen molar-refractivity contribution in [2.45, 2.75) is 13.5 Å². The molecule has 100 valence electrons. The maximum Gasteiger partial charge on any atom is 0.231 e. The van der Waals surface area contributed by atoms with Gasteiger partial charge in [0, 0.05) is 24.3 Å². The van der Waals surface area contributed by atoms with E-state index in [0.717, 1.165) is 32.9 Å². The van der Waals surface area contributed by atoms with Crippen molar-refractivity contribution in [2.24, 2.45) is 7.05 Å². The molecule has 0 saturated carbocycles. The zero-order chi connectivity index (χ0) is 13.4. The van der Waals surface area contributed by atoms with E-state index in [1.54, 1.807) is 4.68 Å². The molecule has 1 aliphatic rings. The van der Waals surface area contributed by atoms with E-state index < -0.39 is 0 Å². The molecule has 5 nitrogen and oxygen atoms in total. The molecule has 1 N–H and O–H groups in total. The number of benzene rings is 1. The van der Waals surface area contributed by atoms with Crippen LogP contribution in [0.2, 0.25) is 0 Å². The average Bonchev–Trinajstić information content (AvgIpc) is 2.92. The number of halogens is 1. The van der Waals surface area contributed by atoms with Gasteiger partial charge in [-0.15, -0.1) is 0 Å². The Morgan fingerprint density at radius 3 is 2.79 bits per heavy atom. The van der Waals surface area contributed by atoms with Crippen LogP contribution in [0.15, 0.2) is 22.8 Å². The van der Waals surface area contributed by atoms with Crippen LogP contribution in [-0.4, -0.2) is 16.6 Å². The van der Waals surface area contributed by atoms with Crippen molar-refractivity contribution < 1.29 is 9.47 Å². The summed E-state index contributed by atoms with van der Waals surface area (Å²) in [5.41, 5.74) is 3.14. The summed E-state index contributed by atoms with van der Waals surface area (Å²) in [6.07, 6.45) is 1.97. The lowest BCUT2D eigenvalue weighted by molar-refractivity contribution is 0.174. The van der Waals surface area contributed by atoms with E-state index in [0.29, 0.717) is 13.3 Å². The van der Waals surface area contributed by atoms with Crippen molar-refractivity contribution >= 4 is 21.6 Å². The van der Waals surface area contributed by atoms with Crippen LogP contribution in [0.1, 0.15) is 11.3 Å². The molecule has 0 radical (unpaired) electrons. The highest BCUT2D eigenvalue weighted by Gasteiger charge is 2.16. The topological polar surface area (TPSA) is 48.3 Å². The van der Waals surface area contributed by atoms with Crippen LogP contribution < -0.4 is 14.8 Å². The third-order valence-corrected chi connectivity index (χ3v) is 3.76. The molecular weight excluding hydrogens is 310 g/mol. The summed E-state index contributed by atoms with van der Waals surface area (Å²) in [5, 5.41) is 7.67. The van der Waals surface area contributed by atoms with Gasteiger partial charge in [0.1, 0.15) is 0 Å². The van der Waals surface area contributed by atoms with Crippen molar-refractivity contribution in [1.82, 2.24) is 9.78 Å². The van der Waals surface area contributed by atoms with Crippen molar-refractivity contribution in [1.29, 1.82) is 0 Å². The number of hydrogen-bond donors (Lipinski definition) is 1. The molecule has 2 aromatic rings. The summed E-state index contributed by atoms with van der Waals surface area (Å²) in [6, 6.07) is 3.93. The fraction of sp³-hybridized carbons (Fsp3) is 0.308. The Hall–Kier alpha value is -1.69. The van der Waals surface area contributed by atoms with E-state index in [1.165, 1.54) is 0 Å². The zero-order valence-electron chi connectivity index (χ0n) is 10.7. The quantitative estimate of drug-likeness (QED) is 0.943. The Balaban J connectivity index is 1.78. The molecule has 0 spiro atoms. The summed E-state index contributed by atoms with van der Waals surface area (Å²) in [4.78, 5) is 0. The monoisotopic (exact) mass is 323 g/mol. The molecule has 1 aromatic carbocycles. The molecule has 1 aliphatic heterocycles. The Morgan fingerprint density at radius 1 is 1.37 bits per heavy atom. The molecule has 0 aliphatic carbocycles. The molecule has 6 heteroatoms. The fourth-order valence-electron chi connectivity index (χ4n) is 2.06. The van der Waals surface area contributed by atoms with Crippen LogP contribution in [0.5, 0.6) is 11.5 Å². The molecule has 0 fully saturated rings. The summed E-state index contributed by atoms with van der Waals surface area (Å²) >= 11 is 3.55. The zero-order valence-corrected chi connectivity index (χ0v) is 12.3. The number of aromatic nitrogens is 2. The van der Waals surface area contributed by atoms with Gasteiger partial charge in [0.05, 0.1) is 11.4 Å². The first-order valence-corrected chi connectivity index (χ1v) is 6.75. The predicted octanol–water partition coefficient (Wildman–Crippen LogP) is 2.83. The second-order valence-corrected chi connectivity index (χ2v) is 5.31. The number of fused-ring (bicyclic) bond motifs is 1. The first-order chi connectivity index (χ1) is 9.13. The van der Waals surface area contributed by atoms with Gasteiger partial charge < -0.3 is 14.8 Å². The number of nitrogens with zero attached hydrogens (tertiary/aromatic N) is 2. The molecular formula is C13H14BrN3O2. The first-order valence-electron chi connectivity index (χ1n) is 5.95. The highest BCUT2D eigenvalue weighted by Crippen LogP contribution is 2.37. The van der Waals surface area contributed by atoms with Gasteiger partial charge in [-0.3, -0.25) is 4.68 Å². The summed E-state index contributed by atoms with van der Waals surface area (Å²) in [6.45, 7) is 2.97. The first kappa shape index (κ1) is 12.3. The van der Waals surface area contributed by atoms with Gasteiger partial charge in [-0.2, -0.15) is 5.10 Å². The summed E-state index contributed by atoms with van der Waals surface area (Å²) in [5.74, 6) is 1.58. The fourth-order valence-corrected chi connectivity index (χ4v) is 2.52. The van der Waals surface area contributed by atoms with Crippen molar-refractivity contribution in [3.8, 4) is 11.5 Å². The number of hydrogen-bond acceptors (Lipinski definition) is 4. The lowest BCUT2D eigenvalue weighted by Gasteiger charge is -2.08. The minimum Gasteiger partial charge on any atom is -0.454 e. The maximum absolute atomic E-state index is 5.39. The largest absolute Gasteiger partial charge is 0.454 e. The minimum atomic E-state index is 0.292. The standard InChI is InChI=1S/C13H14BrN3O2/c1-8-11(6-17(2)16-8)15-5-9-3-12-13(4-10(9)14)19-7-18-12/h3-4,6,15H,5,7H2,1-2H3. The van der Waals surface area contributed by atoms with Gasteiger partial charge in [-0.05, 0) is 24.6 Å². The van der Waals surface area contributed by atoms with Gasteiger partial charge in [-0.25, -0.2) is 0 Å². The number of nitrogens with one attached hydrogen (secondary N) is 1. The smallest absolute Gasteiger partial charge is 0.231 e. The Labute approximate surface area is 119 Å². The van der Waals surface area contributed by atoms with E-state index >= 15 is 0 Å². The normalized spacial score (nSPS) is 12.8. The maximum atomic E-state index is 5.39. The van der Waals surface area contributed by atoms with Crippen LogP contribution in [0.4, 0.5) is 5.69 Å². The van der Waals surface area contributed by atoms with Gasteiger partial charge in [-0.1, -0.05) is 15.9 Å². The van der Waals surface area contributed by atoms with Crippen LogP contribution in [-0.2, 0) is 13.6 Å². The van der Waals surface area contributed by atoms with Gasteiger partial charge in [0.15, 0.2) is 11.5 Å². The van der Waals surface area contributed by atoms with E-state index in [4.69, 9.17) is 9.47 Å². The molecule has 3 rings (SSSR count). The Morgan fingerprint density at radius 2 is 2.11 bits per heavy atom. The Bertz CT molecular complexity index is 625. The third kappa shape index (κ3) is 2.40. The highest BCUT2D eigenvalue weighted by atomic mass is 79.9. The van der Waals surface area contributed by atoms with Crippen molar-refractivity contribution in [2.75, 3.05) is 12.1 Å². The van der Waals surface area contributed by atoms with Crippen molar-refractivity contribution in [3.63, 3.8) is 0 Å². The van der Waals surface area contributed by atoms with Gasteiger partial charge in [0.2, 0.25) is 6.79 Å². The van der Waals surface area contributed by atoms with E-state index in [-0.39, 0.29) is 0 Å². The number of aryl methyl sites for hydroxylation is 2. The number of ether oxygens (including phenoxy) is 2. The second-order valence-electron chi connectivity index (χ2n) is 4.45. The summed E-state index contributed by atoms with van der Waals surface area (Å²) in [7, 11) is 1.91. The lowest BCUT2D eigenvalue weighted by Crippen LogP contribution is -2.00. The molecule has 0 bridgehead atoms. The van der Waals surface area contributed by atoms with E-state index in [9.17, 15) is 0 Å². The predicted molar refractivity (Wildman–Crippen MR) is 75.5 cm³/mol. The highest BCUT2D eigenvalue weighted by molar-refractivity contribution is 9.10.